The molecule has 0 aromatic heterocycles. The Morgan fingerprint density at radius 3 is 2.76 bits per heavy atom. The predicted molar refractivity (Wildman–Crippen MR) is 80.6 cm³/mol. The molecule has 21 heavy (non-hydrogen) atoms. The summed E-state index contributed by atoms with van der Waals surface area (Å²) in [5.74, 6) is -0.647. The van der Waals surface area contributed by atoms with Gasteiger partial charge in [0, 0.05) is 12.6 Å². The van der Waals surface area contributed by atoms with Crippen molar-refractivity contribution in [2.45, 2.75) is 31.6 Å². The molecule has 0 aliphatic rings. The van der Waals surface area contributed by atoms with E-state index in [4.69, 9.17) is 0 Å². The number of amides is 1. The van der Waals surface area contributed by atoms with E-state index in [-0.39, 0.29) is 10.6 Å². The molecular weight excluding hydrogens is 292 g/mol. The van der Waals surface area contributed by atoms with Crippen LogP contribution in [0.25, 0.3) is 0 Å². The molecule has 1 aromatic rings. The minimum atomic E-state index is -3.64. The van der Waals surface area contributed by atoms with Crippen LogP contribution in [0.1, 0.15) is 26.7 Å². The van der Waals surface area contributed by atoms with Gasteiger partial charge in [-0.25, -0.2) is 13.1 Å². The summed E-state index contributed by atoms with van der Waals surface area (Å²) in [7, 11) is -3.64. The lowest BCUT2D eigenvalue weighted by atomic mass is 10.3. The lowest BCUT2D eigenvalue weighted by Crippen LogP contribution is -2.27. The van der Waals surface area contributed by atoms with Crippen molar-refractivity contribution in [1.82, 2.24) is 4.72 Å². The molecule has 0 spiro atoms. The normalized spacial score (nSPS) is 11.8. The van der Waals surface area contributed by atoms with Crippen LogP contribution in [0.3, 0.4) is 0 Å². The molecule has 1 amide bonds. The average Bonchev–Trinajstić information content (AvgIpc) is 2.47. The Balaban J connectivity index is 2.97. The highest BCUT2D eigenvalue weighted by atomic mass is 32.2. The number of hydroxylamine groups is 1. The van der Waals surface area contributed by atoms with Crippen molar-refractivity contribution in [2.24, 2.45) is 0 Å². The molecule has 0 aliphatic heterocycles. The van der Waals surface area contributed by atoms with Crippen LogP contribution in [0.15, 0.2) is 41.3 Å². The second kappa shape index (κ2) is 7.92. The summed E-state index contributed by atoms with van der Waals surface area (Å²) in [5.41, 5.74) is 0.0940. The highest BCUT2D eigenvalue weighted by Gasteiger charge is 2.16. The maximum atomic E-state index is 12.1. The fraction of sp³-hybridized carbons (Fsp3) is 0.357. The maximum Gasteiger partial charge on any atom is 0.274 e. The number of sulfonamides is 1. The molecule has 1 rings (SSSR count). The van der Waals surface area contributed by atoms with Gasteiger partial charge in [-0.1, -0.05) is 25.5 Å². The van der Waals surface area contributed by atoms with Crippen molar-refractivity contribution < 1.29 is 18.4 Å². The van der Waals surface area contributed by atoms with Crippen LogP contribution in [0.2, 0.25) is 0 Å². The molecule has 0 saturated carbocycles. The summed E-state index contributed by atoms with van der Waals surface area (Å²) in [6.07, 6.45) is 4.29. The Kier molecular flexibility index (Phi) is 6.54. The van der Waals surface area contributed by atoms with Crippen LogP contribution in [0.4, 0.5) is 5.69 Å². The average molecular weight is 312 g/mol. The summed E-state index contributed by atoms with van der Waals surface area (Å²) in [4.78, 5) is 11.5. The highest BCUT2D eigenvalue weighted by molar-refractivity contribution is 7.89. The van der Waals surface area contributed by atoms with Crippen molar-refractivity contribution in [1.29, 1.82) is 0 Å². The third-order valence-corrected chi connectivity index (χ3v) is 4.17. The largest absolute Gasteiger partial charge is 0.281 e. The number of nitrogens with zero attached hydrogens (tertiary/aromatic N) is 1. The predicted octanol–water partition coefficient (Wildman–Crippen LogP) is 2.06. The van der Waals surface area contributed by atoms with Gasteiger partial charge >= 0.3 is 0 Å². The van der Waals surface area contributed by atoms with Crippen molar-refractivity contribution in [3.63, 3.8) is 0 Å². The third kappa shape index (κ3) is 4.96. The van der Waals surface area contributed by atoms with Crippen molar-refractivity contribution in [3.05, 3.63) is 36.4 Å². The summed E-state index contributed by atoms with van der Waals surface area (Å²) in [6, 6.07) is 5.57. The van der Waals surface area contributed by atoms with Gasteiger partial charge in [0.2, 0.25) is 10.0 Å². The minimum absolute atomic E-state index is 0.00318. The number of carbonyl (C=O) groups is 1. The number of allylic oxidation sites excluding steroid dienone is 1. The quantitative estimate of drug-likeness (QED) is 0.349. The number of anilines is 1. The van der Waals surface area contributed by atoms with E-state index in [1.54, 1.807) is 6.92 Å². The van der Waals surface area contributed by atoms with Crippen molar-refractivity contribution in [2.75, 3.05) is 11.6 Å². The summed E-state index contributed by atoms with van der Waals surface area (Å²) >= 11 is 0. The molecule has 0 radical (unpaired) electrons. The number of carbonyl (C=O) groups excluding carboxylic acids is 1. The highest BCUT2D eigenvalue weighted by Crippen LogP contribution is 2.18. The molecule has 7 heteroatoms. The fourth-order valence-electron chi connectivity index (χ4n) is 1.59. The van der Waals surface area contributed by atoms with Gasteiger partial charge in [0.1, 0.15) is 0 Å². The molecule has 0 fully saturated rings. The Morgan fingerprint density at radius 2 is 2.14 bits per heavy atom. The second-order valence-corrected chi connectivity index (χ2v) is 6.17. The zero-order valence-corrected chi connectivity index (χ0v) is 12.9. The molecule has 0 unspecified atom stereocenters. The first-order valence-corrected chi connectivity index (χ1v) is 8.16. The standard InChI is InChI=1S/C14H20N2O4S/c1-3-5-10-15-21(19,20)13-9-6-8-12(11-13)16(18)14(17)7-4-2/h4,6-9,11,15,18H,3,5,10H2,1-2H3. The molecule has 1 aromatic carbocycles. The van der Waals surface area contributed by atoms with Gasteiger partial charge < -0.3 is 0 Å². The summed E-state index contributed by atoms with van der Waals surface area (Å²) < 4.78 is 26.6. The maximum absolute atomic E-state index is 12.1. The van der Waals surface area contributed by atoms with Crippen LogP contribution in [0, 0.1) is 0 Å². The second-order valence-electron chi connectivity index (χ2n) is 4.40. The third-order valence-electron chi connectivity index (χ3n) is 2.71. The van der Waals surface area contributed by atoms with Gasteiger partial charge in [0.05, 0.1) is 10.6 Å². The van der Waals surface area contributed by atoms with Crippen LogP contribution >= 0.6 is 0 Å². The monoisotopic (exact) mass is 312 g/mol. The smallest absolute Gasteiger partial charge is 0.274 e. The van der Waals surface area contributed by atoms with Gasteiger partial charge in [-0.05, 0) is 31.5 Å². The van der Waals surface area contributed by atoms with E-state index in [1.807, 2.05) is 6.92 Å². The number of unbranched alkanes of at least 4 members (excludes halogenated alkanes) is 1. The van der Waals surface area contributed by atoms with E-state index >= 15 is 0 Å². The SMILES string of the molecule is CC=CC(=O)N(O)c1cccc(S(=O)(=O)NCCCC)c1. The van der Waals surface area contributed by atoms with E-state index < -0.39 is 15.9 Å². The summed E-state index contributed by atoms with van der Waals surface area (Å²) in [6.45, 7) is 3.96. The molecule has 0 bridgehead atoms. The zero-order chi connectivity index (χ0) is 15.9. The van der Waals surface area contributed by atoms with E-state index in [1.165, 1.54) is 36.4 Å². The molecule has 0 atom stereocenters. The molecule has 116 valence electrons. The molecule has 0 aliphatic carbocycles. The van der Waals surface area contributed by atoms with Crippen molar-refractivity contribution >= 4 is 21.6 Å². The number of nitrogens with one attached hydrogen (secondary N) is 1. The molecule has 2 N–H and O–H groups in total. The van der Waals surface area contributed by atoms with Gasteiger partial charge in [-0.15, -0.1) is 0 Å². The Bertz CT molecular complexity index is 611. The fourth-order valence-corrected chi connectivity index (χ4v) is 2.70. The first kappa shape index (κ1) is 17.4. The molecule has 0 saturated heterocycles. The van der Waals surface area contributed by atoms with Gasteiger partial charge in [-0.2, -0.15) is 5.06 Å². The van der Waals surface area contributed by atoms with Gasteiger partial charge in [0.25, 0.3) is 5.91 Å². The lowest BCUT2D eigenvalue weighted by molar-refractivity contribution is -0.118. The van der Waals surface area contributed by atoms with Crippen LogP contribution in [0.5, 0.6) is 0 Å². The first-order chi connectivity index (χ1) is 9.92. The number of rotatable bonds is 7. The number of hydrogen-bond donors (Lipinski definition) is 2. The Labute approximate surface area is 125 Å². The molecule has 6 nitrogen and oxygen atoms in total. The van der Waals surface area contributed by atoms with Gasteiger partial charge in [-0.3, -0.25) is 10.0 Å². The Morgan fingerprint density at radius 1 is 1.43 bits per heavy atom. The number of benzene rings is 1. The molecular formula is C14H20N2O4S. The van der Waals surface area contributed by atoms with E-state index in [0.717, 1.165) is 12.8 Å². The first-order valence-electron chi connectivity index (χ1n) is 6.67. The van der Waals surface area contributed by atoms with Crippen LogP contribution in [-0.4, -0.2) is 26.1 Å². The summed E-state index contributed by atoms with van der Waals surface area (Å²) in [5, 5.41) is 10.1. The van der Waals surface area contributed by atoms with E-state index in [9.17, 15) is 18.4 Å². The van der Waals surface area contributed by atoms with E-state index in [2.05, 4.69) is 4.72 Å². The molecule has 0 heterocycles. The van der Waals surface area contributed by atoms with Crippen molar-refractivity contribution in [3.8, 4) is 0 Å². The van der Waals surface area contributed by atoms with E-state index in [0.29, 0.717) is 11.6 Å². The number of hydrogen-bond acceptors (Lipinski definition) is 4. The Hall–Kier alpha value is -1.70. The zero-order valence-electron chi connectivity index (χ0n) is 12.1. The van der Waals surface area contributed by atoms with Gasteiger partial charge in [0.15, 0.2) is 0 Å². The van der Waals surface area contributed by atoms with Crippen LogP contribution < -0.4 is 9.79 Å². The minimum Gasteiger partial charge on any atom is -0.281 e. The topological polar surface area (TPSA) is 86.7 Å². The van der Waals surface area contributed by atoms with Crippen LogP contribution in [-0.2, 0) is 14.8 Å². The lowest BCUT2D eigenvalue weighted by Gasteiger charge is -2.14.